The van der Waals surface area contributed by atoms with E-state index >= 15 is 0 Å². The van der Waals surface area contributed by atoms with Crippen LogP contribution in [0, 0.1) is 0 Å². The van der Waals surface area contributed by atoms with Crippen LogP contribution in [-0.2, 0) is 10.0 Å². The molecule has 0 unspecified atom stereocenters. The van der Waals surface area contributed by atoms with Crippen molar-refractivity contribution in [2.75, 3.05) is 13.1 Å². The van der Waals surface area contributed by atoms with Gasteiger partial charge in [-0.25, -0.2) is 21.9 Å². The molecule has 5 nitrogen and oxygen atoms in total. The first-order valence-corrected chi connectivity index (χ1v) is 5.47. The second-order valence-electron chi connectivity index (χ2n) is 2.82. The third kappa shape index (κ3) is 4.05. The Labute approximate surface area is 97.5 Å². The molecule has 3 N–H and O–H groups in total. The quantitative estimate of drug-likeness (QED) is 0.823. The van der Waals surface area contributed by atoms with Crippen LogP contribution in [0.15, 0.2) is 27.9 Å². The lowest BCUT2D eigenvalue weighted by molar-refractivity contribution is 0.0170. The second-order valence-corrected chi connectivity index (χ2v) is 4.51. The predicted molar refractivity (Wildman–Crippen MR) is 55.1 cm³/mol. The van der Waals surface area contributed by atoms with Gasteiger partial charge < -0.3 is 10.2 Å². The van der Waals surface area contributed by atoms with Gasteiger partial charge >= 0.3 is 0 Å². The SMILES string of the molecule is Cl.NCC(F)(F)CNS(=O)(=O)c1ccco1. The lowest BCUT2D eigenvalue weighted by Gasteiger charge is -2.13. The van der Waals surface area contributed by atoms with E-state index in [9.17, 15) is 17.2 Å². The second kappa shape index (κ2) is 5.58. The molecule has 1 aromatic rings. The number of nitrogens with two attached hydrogens (primary N) is 1. The smallest absolute Gasteiger partial charge is 0.274 e. The number of furan rings is 1. The van der Waals surface area contributed by atoms with Crippen LogP contribution in [0.2, 0.25) is 0 Å². The summed E-state index contributed by atoms with van der Waals surface area (Å²) in [6.07, 6.45) is 1.13. The lowest BCUT2D eigenvalue weighted by Crippen LogP contribution is -2.41. The first-order chi connectivity index (χ1) is 6.87. The van der Waals surface area contributed by atoms with E-state index in [0.717, 1.165) is 12.3 Å². The summed E-state index contributed by atoms with van der Waals surface area (Å²) >= 11 is 0. The minimum atomic E-state index is -4.01. The minimum Gasteiger partial charge on any atom is -0.452 e. The molecule has 0 saturated carbocycles. The molecule has 0 bridgehead atoms. The van der Waals surface area contributed by atoms with Crippen LogP contribution in [0.1, 0.15) is 0 Å². The maximum absolute atomic E-state index is 12.6. The van der Waals surface area contributed by atoms with Gasteiger partial charge in [0.15, 0.2) is 0 Å². The van der Waals surface area contributed by atoms with Crippen LogP contribution in [0.3, 0.4) is 0 Å². The minimum absolute atomic E-state index is 0. The first kappa shape index (κ1) is 15.3. The van der Waals surface area contributed by atoms with Crippen molar-refractivity contribution in [3.63, 3.8) is 0 Å². The maximum Gasteiger partial charge on any atom is 0.274 e. The number of hydrogen-bond donors (Lipinski definition) is 2. The Morgan fingerprint density at radius 2 is 2.12 bits per heavy atom. The normalized spacial score (nSPS) is 12.2. The first-order valence-electron chi connectivity index (χ1n) is 3.98. The number of nitrogens with one attached hydrogen (secondary N) is 1. The molecule has 0 radical (unpaired) electrons. The summed E-state index contributed by atoms with van der Waals surface area (Å²) in [6.45, 7) is -1.97. The van der Waals surface area contributed by atoms with Gasteiger partial charge in [-0.15, -0.1) is 12.4 Å². The molecular weight excluding hydrogens is 266 g/mol. The number of alkyl halides is 2. The van der Waals surface area contributed by atoms with E-state index in [0.29, 0.717) is 0 Å². The molecule has 1 aromatic heterocycles. The molecule has 0 atom stereocenters. The fourth-order valence-corrected chi connectivity index (χ4v) is 1.74. The van der Waals surface area contributed by atoms with Crippen molar-refractivity contribution in [3.05, 3.63) is 18.4 Å². The largest absolute Gasteiger partial charge is 0.452 e. The predicted octanol–water partition coefficient (Wildman–Crippen LogP) is 0.574. The Morgan fingerprint density at radius 3 is 2.56 bits per heavy atom. The van der Waals surface area contributed by atoms with Crippen LogP contribution in [0.5, 0.6) is 0 Å². The highest BCUT2D eigenvalue weighted by Gasteiger charge is 2.30. The van der Waals surface area contributed by atoms with Crippen LogP contribution in [0.4, 0.5) is 8.78 Å². The number of sulfonamides is 1. The van der Waals surface area contributed by atoms with Gasteiger partial charge in [-0.2, -0.15) is 0 Å². The molecule has 16 heavy (non-hydrogen) atoms. The van der Waals surface area contributed by atoms with Crippen LogP contribution >= 0.6 is 12.4 Å². The molecule has 0 spiro atoms. The number of rotatable bonds is 5. The van der Waals surface area contributed by atoms with Crippen molar-refractivity contribution in [1.82, 2.24) is 4.72 Å². The van der Waals surface area contributed by atoms with E-state index in [1.54, 1.807) is 4.72 Å². The van der Waals surface area contributed by atoms with Crippen LogP contribution in [-0.4, -0.2) is 27.4 Å². The van der Waals surface area contributed by atoms with Crippen molar-refractivity contribution in [1.29, 1.82) is 0 Å². The van der Waals surface area contributed by atoms with Crippen LogP contribution in [0.25, 0.3) is 0 Å². The standard InChI is InChI=1S/C7H10F2N2O3S.ClH/c8-7(9,4-10)5-11-15(12,13)6-2-1-3-14-6;/h1-3,11H,4-5,10H2;1H. The topological polar surface area (TPSA) is 85.3 Å². The zero-order chi connectivity index (χ0) is 11.5. The van der Waals surface area contributed by atoms with Crippen molar-refractivity contribution in [2.24, 2.45) is 5.73 Å². The van der Waals surface area contributed by atoms with Gasteiger partial charge in [0, 0.05) is 0 Å². The molecular formula is C7H11ClF2N2O3S. The van der Waals surface area contributed by atoms with Gasteiger partial charge in [-0.3, -0.25) is 0 Å². The maximum atomic E-state index is 12.6. The van der Waals surface area contributed by atoms with Gasteiger partial charge in [0.25, 0.3) is 15.9 Å². The molecule has 0 aliphatic heterocycles. The van der Waals surface area contributed by atoms with Crippen molar-refractivity contribution >= 4 is 22.4 Å². The molecule has 1 rings (SSSR count). The van der Waals surface area contributed by atoms with E-state index in [-0.39, 0.29) is 12.4 Å². The van der Waals surface area contributed by atoms with E-state index in [2.05, 4.69) is 4.42 Å². The summed E-state index contributed by atoms with van der Waals surface area (Å²) in [5.41, 5.74) is 4.75. The summed E-state index contributed by atoms with van der Waals surface area (Å²) in [7, 11) is -4.01. The third-order valence-corrected chi connectivity index (χ3v) is 2.87. The fourth-order valence-electron chi connectivity index (χ4n) is 0.760. The molecule has 0 amide bonds. The summed E-state index contributed by atoms with van der Waals surface area (Å²) in [4.78, 5) is 0. The van der Waals surface area contributed by atoms with Gasteiger partial charge in [0.05, 0.1) is 19.4 Å². The Kier molecular flexibility index (Phi) is 5.33. The third-order valence-electron chi connectivity index (χ3n) is 1.58. The fraction of sp³-hybridized carbons (Fsp3) is 0.429. The highest BCUT2D eigenvalue weighted by atomic mass is 35.5. The summed E-state index contributed by atoms with van der Waals surface area (Å²) in [5, 5.41) is -0.407. The Balaban J connectivity index is 0.00000225. The molecule has 0 fully saturated rings. The zero-order valence-electron chi connectivity index (χ0n) is 8.02. The highest BCUT2D eigenvalue weighted by molar-refractivity contribution is 7.89. The molecule has 0 aliphatic rings. The number of hydrogen-bond acceptors (Lipinski definition) is 4. The van der Waals surface area contributed by atoms with Gasteiger partial charge in [-0.05, 0) is 12.1 Å². The van der Waals surface area contributed by atoms with Gasteiger partial charge in [0.1, 0.15) is 0 Å². The summed E-state index contributed by atoms with van der Waals surface area (Å²) in [6, 6.07) is 2.50. The summed E-state index contributed by atoms with van der Waals surface area (Å²) < 4.78 is 54.1. The van der Waals surface area contributed by atoms with E-state index in [1.165, 1.54) is 6.07 Å². The van der Waals surface area contributed by atoms with Gasteiger partial charge in [0.2, 0.25) is 5.09 Å². The molecule has 94 valence electrons. The highest BCUT2D eigenvalue weighted by Crippen LogP contribution is 2.12. The van der Waals surface area contributed by atoms with Crippen LogP contribution < -0.4 is 10.5 Å². The van der Waals surface area contributed by atoms with E-state index in [4.69, 9.17) is 5.73 Å². The average molecular weight is 277 g/mol. The van der Waals surface area contributed by atoms with Gasteiger partial charge in [-0.1, -0.05) is 0 Å². The molecule has 9 heteroatoms. The zero-order valence-corrected chi connectivity index (χ0v) is 9.65. The van der Waals surface area contributed by atoms with E-state index < -0.39 is 34.1 Å². The van der Waals surface area contributed by atoms with Crippen molar-refractivity contribution < 1.29 is 21.6 Å². The molecule has 0 saturated heterocycles. The Hall–Kier alpha value is -0.700. The Morgan fingerprint density at radius 1 is 1.50 bits per heavy atom. The molecule has 0 aromatic carbocycles. The van der Waals surface area contributed by atoms with E-state index in [1.807, 2.05) is 0 Å². The monoisotopic (exact) mass is 276 g/mol. The number of halogens is 3. The van der Waals surface area contributed by atoms with Crippen molar-refractivity contribution in [2.45, 2.75) is 11.0 Å². The summed E-state index contributed by atoms with van der Waals surface area (Å²) in [5.74, 6) is -3.26. The van der Waals surface area contributed by atoms with Crippen molar-refractivity contribution in [3.8, 4) is 0 Å². The Bertz CT molecular complexity index is 407. The lowest BCUT2D eigenvalue weighted by atomic mass is 10.3. The molecule has 1 heterocycles. The average Bonchev–Trinajstić information content (AvgIpc) is 2.69. The molecule has 0 aliphatic carbocycles.